The second-order valence-electron chi connectivity index (χ2n) is 3.83. The van der Waals surface area contributed by atoms with Crippen LogP contribution in [-0.4, -0.2) is 42.3 Å². The van der Waals surface area contributed by atoms with E-state index in [1.54, 1.807) is 31.4 Å². The summed E-state index contributed by atoms with van der Waals surface area (Å²) in [5.74, 6) is 0. The average molecular weight is 289 g/mol. The minimum absolute atomic E-state index is 0.0137. The molecule has 7 heteroatoms. The lowest BCUT2D eigenvalue weighted by Gasteiger charge is -2.08. The maximum atomic E-state index is 11.8. The molecule has 6 nitrogen and oxygen atoms in total. The molecule has 0 aromatic heterocycles. The van der Waals surface area contributed by atoms with Gasteiger partial charge in [-0.1, -0.05) is 17.7 Å². The molecule has 0 fully saturated rings. The van der Waals surface area contributed by atoms with Crippen LogP contribution in [0.25, 0.3) is 0 Å². The van der Waals surface area contributed by atoms with E-state index in [1.807, 2.05) is 6.92 Å². The van der Waals surface area contributed by atoms with Crippen molar-refractivity contribution in [3.05, 3.63) is 29.8 Å². The number of hydrogen-bond acceptors (Lipinski definition) is 5. The predicted octanol–water partition coefficient (Wildman–Crippen LogP) is 0.868. The van der Waals surface area contributed by atoms with E-state index in [-0.39, 0.29) is 18.4 Å². The molecule has 1 aromatic carbocycles. The summed E-state index contributed by atoms with van der Waals surface area (Å²) < 4.78 is 40.8. The van der Waals surface area contributed by atoms with Gasteiger partial charge in [-0.05, 0) is 19.1 Å². The van der Waals surface area contributed by atoms with Crippen molar-refractivity contribution in [3.8, 4) is 0 Å². The van der Waals surface area contributed by atoms with Crippen molar-refractivity contribution in [2.24, 2.45) is 0 Å². The van der Waals surface area contributed by atoms with Crippen LogP contribution in [0.15, 0.2) is 29.2 Å². The number of ether oxygens (including phenoxy) is 3. The third-order valence-corrected chi connectivity index (χ3v) is 3.67. The summed E-state index contributed by atoms with van der Waals surface area (Å²) in [4.78, 5) is 0.210. The molecular formula is C12H19NO5S. The molecule has 0 saturated carbocycles. The molecule has 0 unspecified atom stereocenters. The van der Waals surface area contributed by atoms with Gasteiger partial charge < -0.3 is 14.2 Å². The third-order valence-electron chi connectivity index (χ3n) is 2.28. The van der Waals surface area contributed by atoms with Crippen molar-refractivity contribution < 1.29 is 22.6 Å². The minimum Gasteiger partial charge on any atom is -0.382 e. The van der Waals surface area contributed by atoms with Crippen molar-refractivity contribution >= 4 is 10.0 Å². The number of hydrogen-bond donors (Lipinski definition) is 1. The number of methoxy groups -OCH3 is 1. The molecule has 19 heavy (non-hydrogen) atoms. The monoisotopic (exact) mass is 289 g/mol. The van der Waals surface area contributed by atoms with E-state index < -0.39 is 10.0 Å². The highest BCUT2D eigenvalue weighted by Gasteiger charge is 2.12. The lowest BCUT2D eigenvalue weighted by molar-refractivity contribution is -0.0666. The first-order valence-corrected chi connectivity index (χ1v) is 7.25. The van der Waals surface area contributed by atoms with Crippen LogP contribution in [0.1, 0.15) is 5.56 Å². The first-order chi connectivity index (χ1) is 9.06. The molecule has 0 bridgehead atoms. The fourth-order valence-electron chi connectivity index (χ4n) is 1.22. The molecular weight excluding hydrogens is 270 g/mol. The summed E-state index contributed by atoms with van der Waals surface area (Å²) in [5.41, 5.74) is 1.00. The molecule has 0 amide bonds. The summed E-state index contributed by atoms with van der Waals surface area (Å²) >= 11 is 0. The Labute approximate surface area is 113 Å². The molecule has 0 radical (unpaired) electrons. The molecule has 108 valence electrons. The number of aryl methyl sites for hydroxylation is 1. The molecule has 1 aromatic rings. The molecule has 1 rings (SSSR count). The van der Waals surface area contributed by atoms with E-state index >= 15 is 0 Å². The maximum absolute atomic E-state index is 11.8. The van der Waals surface area contributed by atoms with Crippen LogP contribution in [0.4, 0.5) is 0 Å². The van der Waals surface area contributed by atoms with Crippen LogP contribution >= 0.6 is 0 Å². The quantitative estimate of drug-likeness (QED) is 0.539. The first-order valence-electron chi connectivity index (χ1n) is 5.77. The van der Waals surface area contributed by atoms with Crippen molar-refractivity contribution in [3.63, 3.8) is 0 Å². The van der Waals surface area contributed by atoms with Gasteiger partial charge in [-0.2, -0.15) is 4.72 Å². The minimum atomic E-state index is -3.53. The third kappa shape index (κ3) is 6.13. The smallest absolute Gasteiger partial charge is 0.242 e. The fraction of sp³-hybridized carbons (Fsp3) is 0.500. The zero-order chi connectivity index (χ0) is 14.1. The molecule has 0 aliphatic heterocycles. The number of benzene rings is 1. The van der Waals surface area contributed by atoms with E-state index in [9.17, 15) is 8.42 Å². The predicted molar refractivity (Wildman–Crippen MR) is 70.1 cm³/mol. The van der Waals surface area contributed by atoms with E-state index in [4.69, 9.17) is 14.2 Å². The summed E-state index contributed by atoms with van der Waals surface area (Å²) in [6, 6.07) is 6.58. The van der Waals surface area contributed by atoms with Gasteiger partial charge >= 0.3 is 0 Å². The van der Waals surface area contributed by atoms with E-state index in [1.165, 1.54) is 0 Å². The zero-order valence-electron chi connectivity index (χ0n) is 11.1. The van der Waals surface area contributed by atoms with Crippen LogP contribution in [-0.2, 0) is 24.2 Å². The van der Waals surface area contributed by atoms with Gasteiger partial charge in [0, 0.05) is 7.11 Å². The SMILES string of the molecule is COCCOCOCNS(=O)(=O)c1ccc(C)cc1. The van der Waals surface area contributed by atoms with Crippen molar-refractivity contribution in [1.82, 2.24) is 4.72 Å². The second-order valence-corrected chi connectivity index (χ2v) is 5.60. The van der Waals surface area contributed by atoms with Crippen LogP contribution < -0.4 is 4.72 Å². The Balaban J connectivity index is 2.29. The Bertz CT molecular complexity index is 458. The van der Waals surface area contributed by atoms with E-state index in [0.29, 0.717) is 13.2 Å². The number of rotatable bonds is 9. The van der Waals surface area contributed by atoms with Crippen LogP contribution in [0, 0.1) is 6.92 Å². The first kappa shape index (κ1) is 16.1. The lowest BCUT2D eigenvalue weighted by atomic mass is 10.2. The molecule has 1 N–H and O–H groups in total. The van der Waals surface area contributed by atoms with E-state index in [2.05, 4.69) is 4.72 Å². The normalized spacial score (nSPS) is 11.7. The van der Waals surface area contributed by atoms with E-state index in [0.717, 1.165) is 5.56 Å². The standard InChI is InChI=1S/C12H19NO5S/c1-11-3-5-12(6-4-11)19(14,15)13-9-18-10-17-8-7-16-2/h3-6,13H,7-10H2,1-2H3. The van der Waals surface area contributed by atoms with Gasteiger partial charge in [0.05, 0.1) is 18.1 Å². The average Bonchev–Trinajstić information content (AvgIpc) is 2.38. The maximum Gasteiger partial charge on any atom is 0.242 e. The van der Waals surface area contributed by atoms with Crippen LogP contribution in [0.3, 0.4) is 0 Å². The highest BCUT2D eigenvalue weighted by molar-refractivity contribution is 7.89. The van der Waals surface area contributed by atoms with Gasteiger partial charge in [0.15, 0.2) is 0 Å². The summed E-state index contributed by atoms with van der Waals surface area (Å²) in [7, 11) is -1.96. The lowest BCUT2D eigenvalue weighted by Crippen LogP contribution is -2.27. The van der Waals surface area contributed by atoms with Crippen LogP contribution in [0.2, 0.25) is 0 Å². The summed E-state index contributed by atoms with van der Waals surface area (Å²) in [6.45, 7) is 2.65. The molecule has 0 heterocycles. The Hall–Kier alpha value is -0.990. The van der Waals surface area contributed by atoms with Gasteiger partial charge in [0.2, 0.25) is 10.0 Å². The van der Waals surface area contributed by atoms with Gasteiger partial charge in [-0.3, -0.25) is 0 Å². The zero-order valence-corrected chi connectivity index (χ0v) is 11.9. The Kier molecular flexibility index (Phi) is 6.96. The Morgan fingerprint density at radius 2 is 1.79 bits per heavy atom. The van der Waals surface area contributed by atoms with Crippen LogP contribution in [0.5, 0.6) is 0 Å². The number of nitrogens with one attached hydrogen (secondary N) is 1. The largest absolute Gasteiger partial charge is 0.382 e. The number of sulfonamides is 1. The molecule has 0 spiro atoms. The second kappa shape index (κ2) is 8.23. The molecule has 0 aliphatic carbocycles. The highest BCUT2D eigenvalue weighted by Crippen LogP contribution is 2.09. The fourth-order valence-corrected chi connectivity index (χ4v) is 2.12. The van der Waals surface area contributed by atoms with Gasteiger partial charge in [-0.25, -0.2) is 8.42 Å². The van der Waals surface area contributed by atoms with Crippen molar-refractivity contribution in [2.75, 3.05) is 33.8 Å². The van der Waals surface area contributed by atoms with Gasteiger partial charge in [0.25, 0.3) is 0 Å². The Morgan fingerprint density at radius 1 is 1.11 bits per heavy atom. The molecule has 0 atom stereocenters. The highest BCUT2D eigenvalue weighted by atomic mass is 32.2. The van der Waals surface area contributed by atoms with Crippen molar-refractivity contribution in [1.29, 1.82) is 0 Å². The van der Waals surface area contributed by atoms with Gasteiger partial charge in [0.1, 0.15) is 13.5 Å². The summed E-state index contributed by atoms with van der Waals surface area (Å²) in [5, 5.41) is 0. The molecule has 0 saturated heterocycles. The van der Waals surface area contributed by atoms with Crippen molar-refractivity contribution in [2.45, 2.75) is 11.8 Å². The summed E-state index contributed by atoms with van der Waals surface area (Å²) in [6.07, 6.45) is 0. The van der Waals surface area contributed by atoms with Gasteiger partial charge in [-0.15, -0.1) is 0 Å². The topological polar surface area (TPSA) is 73.9 Å². The Morgan fingerprint density at radius 3 is 2.42 bits per heavy atom. The molecule has 0 aliphatic rings.